The van der Waals surface area contributed by atoms with Crippen molar-refractivity contribution in [1.29, 1.82) is 0 Å². The van der Waals surface area contributed by atoms with E-state index in [0.717, 1.165) is 23.6 Å². The van der Waals surface area contributed by atoms with Gasteiger partial charge in [0.1, 0.15) is 21.3 Å². The number of hydrogen-bond donors (Lipinski definition) is 2. The highest BCUT2D eigenvalue weighted by molar-refractivity contribution is 14.2. The molecular formula is C12H11BIN3O2. The summed E-state index contributed by atoms with van der Waals surface area (Å²) in [5, 5.41) is 18.1. The first-order chi connectivity index (χ1) is 9.24. The fourth-order valence-electron chi connectivity index (χ4n) is 1.83. The number of fused-ring (bicyclic) bond motifs is 1. The van der Waals surface area contributed by atoms with E-state index < -0.39 is 28.4 Å². The van der Waals surface area contributed by atoms with Gasteiger partial charge in [0.15, 0.2) is 5.82 Å². The number of nitrogens with zero attached hydrogens (tertiary/aromatic N) is 3. The molecule has 0 aliphatic carbocycles. The summed E-state index contributed by atoms with van der Waals surface area (Å²) < 4.78 is 6.71. The van der Waals surface area contributed by atoms with Gasteiger partial charge in [0.05, 0.1) is 12.2 Å². The van der Waals surface area contributed by atoms with Crippen molar-refractivity contribution in [2.24, 2.45) is 3.15 Å². The standard InChI is InChI=1S/C12H11BIN3O2/c18-13(19)10-5-3-9(4-6-10)8-17-11-2-1-7-15-12(11)16-14-17/h1-7,18-19H,8H2. The topological polar surface area (TPSA) is 69.0 Å². The molecule has 1 aliphatic rings. The second-order valence-corrected chi connectivity index (χ2v) is 6.22. The molecule has 96 valence electrons. The molecule has 1 aliphatic heterocycles. The Labute approximate surface area is 121 Å². The monoisotopic (exact) mass is 367 g/mol. The van der Waals surface area contributed by atoms with E-state index in [0.29, 0.717) is 5.46 Å². The fourth-order valence-corrected chi connectivity index (χ4v) is 3.82. The van der Waals surface area contributed by atoms with Gasteiger partial charge in [0.2, 0.25) is 0 Å². The molecule has 0 amide bonds. The van der Waals surface area contributed by atoms with Crippen molar-refractivity contribution in [3.8, 4) is 0 Å². The van der Waals surface area contributed by atoms with Gasteiger partial charge in [0, 0.05) is 6.20 Å². The third-order valence-electron chi connectivity index (χ3n) is 2.84. The van der Waals surface area contributed by atoms with Crippen molar-refractivity contribution in [2.75, 3.05) is 3.11 Å². The zero-order valence-corrected chi connectivity index (χ0v) is 12.1. The summed E-state index contributed by atoms with van der Waals surface area (Å²) in [7, 11) is -1.41. The largest absolute Gasteiger partial charge is 0.488 e. The Morgan fingerprint density at radius 1 is 1.16 bits per heavy atom. The van der Waals surface area contributed by atoms with Crippen LogP contribution in [-0.4, -0.2) is 22.2 Å². The molecule has 0 atom stereocenters. The molecule has 0 radical (unpaired) electrons. The minimum absolute atomic E-state index is 0.403. The molecule has 3 rings (SSSR count). The lowest BCUT2D eigenvalue weighted by Crippen LogP contribution is -2.29. The maximum Gasteiger partial charge on any atom is 0.488 e. The molecule has 0 saturated heterocycles. The molecule has 0 saturated carbocycles. The molecule has 0 unspecified atom stereocenters. The molecule has 2 heterocycles. The third kappa shape index (κ3) is 2.67. The first-order valence-electron chi connectivity index (χ1n) is 5.77. The number of rotatable bonds is 3. The van der Waals surface area contributed by atoms with E-state index in [1.807, 2.05) is 24.3 Å². The van der Waals surface area contributed by atoms with Crippen molar-refractivity contribution in [1.82, 2.24) is 4.98 Å². The van der Waals surface area contributed by atoms with E-state index in [2.05, 4.69) is 11.2 Å². The average Bonchev–Trinajstić information content (AvgIpc) is 2.83. The molecule has 1 aromatic carbocycles. The Morgan fingerprint density at radius 3 is 2.68 bits per heavy atom. The van der Waals surface area contributed by atoms with E-state index in [4.69, 9.17) is 10.0 Å². The maximum absolute atomic E-state index is 9.06. The zero-order valence-electron chi connectivity index (χ0n) is 9.94. The second-order valence-electron chi connectivity index (χ2n) is 4.14. The minimum Gasteiger partial charge on any atom is -0.423 e. The quantitative estimate of drug-likeness (QED) is 0.490. The number of benzene rings is 1. The minimum atomic E-state index is -1.41. The predicted molar refractivity (Wildman–Crippen MR) is 82.8 cm³/mol. The Balaban J connectivity index is 1.78. The van der Waals surface area contributed by atoms with Gasteiger partial charge in [-0.25, -0.2) is 4.98 Å². The lowest BCUT2D eigenvalue weighted by atomic mass is 9.80. The number of halogens is 1. The van der Waals surface area contributed by atoms with Crippen LogP contribution in [0.1, 0.15) is 5.56 Å². The molecule has 0 bridgehead atoms. The van der Waals surface area contributed by atoms with E-state index >= 15 is 0 Å². The third-order valence-corrected chi connectivity index (χ3v) is 4.89. The molecule has 0 fully saturated rings. The second kappa shape index (κ2) is 5.36. The summed E-state index contributed by atoms with van der Waals surface area (Å²) in [6, 6.07) is 11.2. The van der Waals surface area contributed by atoms with Gasteiger partial charge in [-0.3, -0.25) is 3.11 Å². The summed E-state index contributed by atoms with van der Waals surface area (Å²) in [5.74, 6) is 0.831. The normalized spacial score (nSPS) is 13.1. The van der Waals surface area contributed by atoms with Crippen LogP contribution < -0.4 is 8.58 Å². The van der Waals surface area contributed by atoms with Crippen molar-refractivity contribution in [2.45, 2.75) is 6.54 Å². The maximum atomic E-state index is 9.06. The fraction of sp³-hybridized carbons (Fsp3) is 0.0833. The first kappa shape index (κ1) is 12.7. The summed E-state index contributed by atoms with van der Waals surface area (Å²) in [6.07, 6.45) is 1.76. The molecule has 5 nitrogen and oxygen atoms in total. The lowest BCUT2D eigenvalue weighted by molar-refractivity contribution is 0.426. The molecule has 7 heteroatoms. The molecule has 2 aromatic rings. The van der Waals surface area contributed by atoms with Gasteiger partial charge in [-0.05, 0) is 23.2 Å². The van der Waals surface area contributed by atoms with Crippen LogP contribution in [0.15, 0.2) is 45.7 Å². The van der Waals surface area contributed by atoms with Crippen LogP contribution in [0.3, 0.4) is 0 Å². The van der Waals surface area contributed by atoms with Gasteiger partial charge in [-0.15, -0.1) is 0 Å². The summed E-state index contributed by atoms with van der Waals surface area (Å²) in [6.45, 7) is 0.775. The summed E-state index contributed by atoms with van der Waals surface area (Å²) >= 11 is -0.403. The summed E-state index contributed by atoms with van der Waals surface area (Å²) in [5.41, 5.74) is 2.71. The molecule has 2 N–H and O–H groups in total. The van der Waals surface area contributed by atoms with Gasteiger partial charge < -0.3 is 10.0 Å². The first-order valence-corrected chi connectivity index (χ1v) is 7.70. The Hall–Kier alpha value is -1.32. The zero-order chi connectivity index (χ0) is 13.2. The average molecular weight is 367 g/mol. The van der Waals surface area contributed by atoms with Crippen molar-refractivity contribution >= 4 is 45.4 Å². The molecule has 0 spiro atoms. The van der Waals surface area contributed by atoms with Crippen LogP contribution in [0.25, 0.3) is 0 Å². The van der Waals surface area contributed by atoms with Gasteiger partial charge in [-0.1, -0.05) is 24.3 Å². The van der Waals surface area contributed by atoms with Crippen molar-refractivity contribution in [3.05, 3.63) is 48.2 Å². The van der Waals surface area contributed by atoms with E-state index in [1.54, 1.807) is 18.3 Å². The highest BCUT2D eigenvalue weighted by Crippen LogP contribution is 2.40. The van der Waals surface area contributed by atoms with E-state index in [1.165, 1.54) is 0 Å². The van der Waals surface area contributed by atoms with E-state index in [-0.39, 0.29) is 0 Å². The van der Waals surface area contributed by atoms with Crippen LogP contribution in [0, 0.1) is 0 Å². The lowest BCUT2D eigenvalue weighted by Gasteiger charge is -2.14. The molecular weight excluding hydrogens is 356 g/mol. The van der Waals surface area contributed by atoms with Gasteiger partial charge in [0.25, 0.3) is 0 Å². The SMILES string of the molecule is OB(O)c1ccc(CN2I=Nc3ncccc32)cc1. The smallest absolute Gasteiger partial charge is 0.423 e. The summed E-state index contributed by atoms with van der Waals surface area (Å²) in [4.78, 5) is 4.24. The molecule has 19 heavy (non-hydrogen) atoms. The number of anilines is 1. The van der Waals surface area contributed by atoms with Crippen LogP contribution in [0.5, 0.6) is 0 Å². The number of aromatic nitrogens is 1. The van der Waals surface area contributed by atoms with Crippen LogP contribution in [-0.2, 0) is 6.54 Å². The van der Waals surface area contributed by atoms with E-state index in [9.17, 15) is 0 Å². The van der Waals surface area contributed by atoms with Crippen molar-refractivity contribution < 1.29 is 10.0 Å². The van der Waals surface area contributed by atoms with Gasteiger partial charge in [-0.2, -0.15) is 3.15 Å². The Morgan fingerprint density at radius 2 is 1.95 bits per heavy atom. The van der Waals surface area contributed by atoms with Gasteiger partial charge >= 0.3 is 7.12 Å². The van der Waals surface area contributed by atoms with Crippen molar-refractivity contribution in [3.63, 3.8) is 0 Å². The van der Waals surface area contributed by atoms with Crippen LogP contribution in [0.4, 0.5) is 11.5 Å². The number of pyridine rings is 1. The Bertz CT molecular complexity index is 619. The van der Waals surface area contributed by atoms with Crippen LogP contribution in [0.2, 0.25) is 0 Å². The number of hydrogen-bond acceptors (Lipinski definition) is 5. The Kier molecular flexibility index (Phi) is 3.58. The molecule has 1 aromatic heterocycles. The van der Waals surface area contributed by atoms with Crippen LogP contribution >= 0.6 is 21.3 Å². The highest BCUT2D eigenvalue weighted by Gasteiger charge is 2.17. The highest BCUT2D eigenvalue weighted by atomic mass is 127. The predicted octanol–water partition coefficient (Wildman–Crippen LogP) is 1.48.